The number of aliphatic hydroxyl groups is 2. The van der Waals surface area contributed by atoms with Crippen molar-refractivity contribution in [1.29, 1.82) is 0 Å². The van der Waals surface area contributed by atoms with Crippen molar-refractivity contribution in [2.24, 2.45) is 5.41 Å². The van der Waals surface area contributed by atoms with Crippen LogP contribution in [0.25, 0.3) is 0 Å². The molecule has 2 N–H and O–H groups in total. The number of unbranched alkanes of at least 4 members (excludes halogenated alkanes) is 5. The molecule has 0 saturated heterocycles. The van der Waals surface area contributed by atoms with Gasteiger partial charge >= 0.3 is 0 Å². The van der Waals surface area contributed by atoms with Crippen molar-refractivity contribution in [3.63, 3.8) is 0 Å². The fourth-order valence-electron chi connectivity index (χ4n) is 2.30. The lowest BCUT2D eigenvalue weighted by Crippen LogP contribution is -2.29. The molecule has 0 aromatic carbocycles. The summed E-state index contributed by atoms with van der Waals surface area (Å²) >= 11 is 0. The molecule has 0 aliphatic heterocycles. The van der Waals surface area contributed by atoms with Crippen LogP contribution in [0.3, 0.4) is 0 Å². The zero-order valence-electron chi connectivity index (χ0n) is 11.2. The topological polar surface area (TPSA) is 40.5 Å². The molecule has 0 fully saturated rings. The molecule has 0 aromatic rings. The molecule has 98 valence electrons. The third-order valence-electron chi connectivity index (χ3n) is 3.51. The van der Waals surface area contributed by atoms with Crippen molar-refractivity contribution in [1.82, 2.24) is 0 Å². The summed E-state index contributed by atoms with van der Waals surface area (Å²) < 4.78 is 0. The van der Waals surface area contributed by atoms with E-state index in [-0.39, 0.29) is 18.6 Å². The maximum absolute atomic E-state index is 9.39. The van der Waals surface area contributed by atoms with E-state index in [9.17, 15) is 10.2 Å². The quantitative estimate of drug-likeness (QED) is 0.533. The lowest BCUT2D eigenvalue weighted by Gasteiger charge is -2.29. The first-order chi connectivity index (χ1) is 7.74. The van der Waals surface area contributed by atoms with E-state index >= 15 is 0 Å². The summed E-state index contributed by atoms with van der Waals surface area (Å²) in [6.45, 7) is 4.60. The van der Waals surface area contributed by atoms with Crippen molar-refractivity contribution >= 4 is 0 Å². The molecule has 0 saturated carbocycles. The van der Waals surface area contributed by atoms with E-state index in [0.29, 0.717) is 0 Å². The predicted molar refractivity (Wildman–Crippen MR) is 69.5 cm³/mol. The zero-order valence-corrected chi connectivity index (χ0v) is 11.2. The van der Waals surface area contributed by atoms with Crippen LogP contribution in [0.5, 0.6) is 0 Å². The van der Waals surface area contributed by atoms with Gasteiger partial charge in [0.25, 0.3) is 0 Å². The Morgan fingerprint density at radius 1 is 0.688 bits per heavy atom. The maximum atomic E-state index is 9.39. The van der Waals surface area contributed by atoms with Crippen molar-refractivity contribution in [3.8, 4) is 0 Å². The fourth-order valence-corrected chi connectivity index (χ4v) is 2.30. The molecule has 16 heavy (non-hydrogen) atoms. The maximum Gasteiger partial charge on any atom is 0.0509 e. The Balaban J connectivity index is 3.67. The Hall–Kier alpha value is -0.0800. The predicted octanol–water partition coefficient (Wildman–Crippen LogP) is 3.51. The van der Waals surface area contributed by atoms with Crippen LogP contribution in [0.2, 0.25) is 0 Å². The molecule has 0 aliphatic rings. The van der Waals surface area contributed by atoms with Crippen LogP contribution in [0.15, 0.2) is 0 Å². The van der Waals surface area contributed by atoms with Crippen LogP contribution in [-0.2, 0) is 0 Å². The van der Waals surface area contributed by atoms with Gasteiger partial charge in [0, 0.05) is 5.41 Å². The molecule has 0 spiro atoms. The molecule has 0 radical (unpaired) electrons. The molecule has 0 rings (SSSR count). The fraction of sp³-hybridized carbons (Fsp3) is 1.00. The second-order valence-corrected chi connectivity index (χ2v) is 5.08. The van der Waals surface area contributed by atoms with Gasteiger partial charge in [-0.05, 0) is 12.8 Å². The number of aliphatic hydroxyl groups excluding tert-OH is 2. The van der Waals surface area contributed by atoms with Gasteiger partial charge in [0.15, 0.2) is 0 Å². The van der Waals surface area contributed by atoms with Gasteiger partial charge in [-0.1, -0.05) is 58.8 Å². The summed E-state index contributed by atoms with van der Waals surface area (Å²) in [6, 6.07) is 0. The highest BCUT2D eigenvalue weighted by Crippen LogP contribution is 2.29. The van der Waals surface area contributed by atoms with Crippen LogP contribution in [-0.4, -0.2) is 23.4 Å². The molecule has 0 bridgehead atoms. The molecule has 0 unspecified atom stereocenters. The molecule has 2 nitrogen and oxygen atoms in total. The van der Waals surface area contributed by atoms with E-state index in [1.165, 1.54) is 32.1 Å². The molecule has 0 aromatic heterocycles. The highest BCUT2D eigenvalue weighted by Gasteiger charge is 2.26. The standard InChI is InChI=1S/C14H30O2/c1-3-5-6-7-8-9-11-14(12-15,13-16)10-4-2/h15-16H,3-13H2,1-2H3. The molecular formula is C14H30O2. The first-order valence-electron chi connectivity index (χ1n) is 6.96. The first-order valence-corrected chi connectivity index (χ1v) is 6.96. The molecule has 0 amide bonds. The number of rotatable bonds is 11. The minimum Gasteiger partial charge on any atom is -0.396 e. The van der Waals surface area contributed by atoms with Crippen molar-refractivity contribution in [2.45, 2.75) is 71.6 Å². The smallest absolute Gasteiger partial charge is 0.0509 e. The number of hydrogen-bond donors (Lipinski definition) is 2. The van der Waals surface area contributed by atoms with E-state index < -0.39 is 0 Å². The van der Waals surface area contributed by atoms with Gasteiger partial charge in [0.1, 0.15) is 0 Å². The summed E-state index contributed by atoms with van der Waals surface area (Å²) in [7, 11) is 0. The molecule has 0 atom stereocenters. The van der Waals surface area contributed by atoms with Crippen molar-refractivity contribution < 1.29 is 10.2 Å². The van der Waals surface area contributed by atoms with Gasteiger partial charge in [-0.3, -0.25) is 0 Å². The summed E-state index contributed by atoms with van der Waals surface area (Å²) in [4.78, 5) is 0. The molecule has 0 heterocycles. The molecular weight excluding hydrogens is 200 g/mol. The van der Waals surface area contributed by atoms with Gasteiger partial charge in [-0.2, -0.15) is 0 Å². The van der Waals surface area contributed by atoms with Crippen LogP contribution < -0.4 is 0 Å². The summed E-state index contributed by atoms with van der Waals surface area (Å²) in [5, 5.41) is 18.8. The Kier molecular flexibility index (Phi) is 10.0. The van der Waals surface area contributed by atoms with Gasteiger partial charge in [-0.25, -0.2) is 0 Å². The van der Waals surface area contributed by atoms with Gasteiger partial charge in [0.05, 0.1) is 13.2 Å². The highest BCUT2D eigenvalue weighted by atomic mass is 16.3. The summed E-state index contributed by atoms with van der Waals surface area (Å²) in [6.07, 6.45) is 10.6. The zero-order chi connectivity index (χ0) is 12.3. The highest BCUT2D eigenvalue weighted by molar-refractivity contribution is 4.77. The Labute approximate surface area is 101 Å². The largest absolute Gasteiger partial charge is 0.396 e. The monoisotopic (exact) mass is 230 g/mol. The van der Waals surface area contributed by atoms with E-state index in [2.05, 4.69) is 13.8 Å². The second kappa shape index (κ2) is 10.1. The number of hydrogen-bond acceptors (Lipinski definition) is 2. The molecule has 0 aliphatic carbocycles. The van der Waals surface area contributed by atoms with E-state index in [1.807, 2.05) is 0 Å². The Morgan fingerprint density at radius 2 is 1.25 bits per heavy atom. The van der Waals surface area contributed by atoms with E-state index in [1.54, 1.807) is 0 Å². The minimum absolute atomic E-state index is 0.131. The molecule has 2 heteroatoms. The lowest BCUT2D eigenvalue weighted by molar-refractivity contribution is 0.0369. The second-order valence-electron chi connectivity index (χ2n) is 5.08. The Bertz CT molecular complexity index is 142. The first kappa shape index (κ1) is 15.9. The normalized spacial score (nSPS) is 12.0. The van der Waals surface area contributed by atoms with E-state index in [4.69, 9.17) is 0 Å². The average molecular weight is 230 g/mol. The van der Waals surface area contributed by atoms with Crippen molar-refractivity contribution in [2.75, 3.05) is 13.2 Å². The summed E-state index contributed by atoms with van der Waals surface area (Å²) in [5.74, 6) is 0. The minimum atomic E-state index is -0.209. The van der Waals surface area contributed by atoms with Gasteiger partial charge in [0.2, 0.25) is 0 Å². The van der Waals surface area contributed by atoms with Crippen molar-refractivity contribution in [3.05, 3.63) is 0 Å². The van der Waals surface area contributed by atoms with Crippen LogP contribution >= 0.6 is 0 Å². The van der Waals surface area contributed by atoms with Gasteiger partial charge < -0.3 is 10.2 Å². The van der Waals surface area contributed by atoms with Crippen LogP contribution in [0, 0.1) is 5.41 Å². The van der Waals surface area contributed by atoms with Crippen LogP contribution in [0.1, 0.15) is 71.6 Å². The van der Waals surface area contributed by atoms with E-state index in [0.717, 1.165) is 25.7 Å². The third-order valence-corrected chi connectivity index (χ3v) is 3.51. The lowest BCUT2D eigenvalue weighted by atomic mass is 9.80. The summed E-state index contributed by atoms with van der Waals surface area (Å²) in [5.41, 5.74) is -0.209. The van der Waals surface area contributed by atoms with Crippen LogP contribution in [0.4, 0.5) is 0 Å². The average Bonchev–Trinajstić information content (AvgIpc) is 2.32. The van der Waals surface area contributed by atoms with Gasteiger partial charge in [-0.15, -0.1) is 0 Å². The Morgan fingerprint density at radius 3 is 1.75 bits per heavy atom. The third kappa shape index (κ3) is 6.49. The SMILES string of the molecule is CCCCCCCCC(CO)(CO)CCC.